The first kappa shape index (κ1) is 10.9. The predicted octanol–water partition coefficient (Wildman–Crippen LogP) is 1.72. The minimum atomic E-state index is -0.540. The summed E-state index contributed by atoms with van der Waals surface area (Å²) in [4.78, 5) is 23.1. The molecule has 1 fully saturated rings. The Hall–Kier alpha value is -1.58. The number of carbonyl (C=O) groups is 2. The van der Waals surface area contributed by atoms with Crippen LogP contribution in [-0.4, -0.2) is 25.0 Å². The van der Waals surface area contributed by atoms with Crippen LogP contribution < -0.4 is 5.32 Å². The zero-order chi connectivity index (χ0) is 11.5. The maximum Gasteiger partial charge on any atom is 0.407 e. The molecule has 0 aliphatic heterocycles. The lowest BCUT2D eigenvalue weighted by Gasteiger charge is -2.27. The molecule has 4 heteroatoms. The summed E-state index contributed by atoms with van der Waals surface area (Å²) >= 11 is 0. The first-order valence-corrected chi connectivity index (χ1v) is 5.50. The third-order valence-electron chi connectivity index (χ3n) is 3.01. The van der Waals surface area contributed by atoms with Crippen molar-refractivity contribution in [2.45, 2.75) is 31.7 Å². The predicted molar refractivity (Wildman–Crippen MR) is 59.0 cm³/mol. The van der Waals surface area contributed by atoms with Crippen LogP contribution in [0.25, 0.3) is 0 Å². The molecule has 0 unspecified atom stereocenters. The lowest BCUT2D eigenvalue weighted by molar-refractivity contribution is -0.117. The van der Waals surface area contributed by atoms with Gasteiger partial charge in [-0.25, -0.2) is 4.79 Å². The van der Waals surface area contributed by atoms with Gasteiger partial charge in [0.25, 0.3) is 0 Å². The van der Waals surface area contributed by atoms with Crippen LogP contribution in [0.4, 0.5) is 4.79 Å². The molecule has 0 aromatic heterocycles. The third kappa shape index (κ3) is 2.01. The number of hydrogen-bond donors (Lipinski definition) is 1. The molecule has 1 N–H and O–H groups in total. The molecule has 0 aromatic carbocycles. The van der Waals surface area contributed by atoms with Crippen LogP contribution in [0.3, 0.4) is 0 Å². The highest BCUT2D eigenvalue weighted by molar-refractivity contribution is 6.05. The standard InChI is InChI=1S/C12H15NO3/c1-16-12(15)13-10-7-6-8-4-2-3-5-9(8)11(10)14/h4-5,10H,2-3,6-7H2,1H3,(H,13,15)/t10-/m0/s1. The van der Waals surface area contributed by atoms with E-state index in [9.17, 15) is 9.59 Å². The van der Waals surface area contributed by atoms with Crippen molar-refractivity contribution in [1.82, 2.24) is 5.32 Å². The topological polar surface area (TPSA) is 55.4 Å². The molecule has 0 radical (unpaired) electrons. The van der Waals surface area contributed by atoms with E-state index in [0.29, 0.717) is 6.42 Å². The molecule has 0 bridgehead atoms. The van der Waals surface area contributed by atoms with Gasteiger partial charge in [0.2, 0.25) is 0 Å². The number of ether oxygens (including phenoxy) is 1. The average molecular weight is 221 g/mol. The summed E-state index contributed by atoms with van der Waals surface area (Å²) in [5, 5.41) is 2.57. The van der Waals surface area contributed by atoms with Crippen LogP contribution in [0.1, 0.15) is 25.7 Å². The number of carbonyl (C=O) groups excluding carboxylic acids is 2. The minimum absolute atomic E-state index is 0.0163. The normalized spacial score (nSPS) is 24.1. The van der Waals surface area contributed by atoms with Crippen molar-refractivity contribution in [2.24, 2.45) is 0 Å². The van der Waals surface area contributed by atoms with E-state index in [-0.39, 0.29) is 5.78 Å². The molecule has 86 valence electrons. The zero-order valence-electron chi connectivity index (χ0n) is 9.29. The highest BCUT2D eigenvalue weighted by Crippen LogP contribution is 2.30. The molecule has 16 heavy (non-hydrogen) atoms. The number of ketones is 1. The second-order valence-electron chi connectivity index (χ2n) is 4.02. The summed E-state index contributed by atoms with van der Waals surface area (Å²) in [6.45, 7) is 0. The van der Waals surface area contributed by atoms with Gasteiger partial charge in [0.1, 0.15) is 0 Å². The third-order valence-corrected chi connectivity index (χ3v) is 3.01. The smallest absolute Gasteiger partial charge is 0.407 e. The zero-order valence-corrected chi connectivity index (χ0v) is 9.29. The molecule has 1 atom stereocenters. The van der Waals surface area contributed by atoms with E-state index >= 15 is 0 Å². The number of fused-ring (bicyclic) bond motifs is 1. The Kier molecular flexibility index (Phi) is 3.08. The van der Waals surface area contributed by atoms with Gasteiger partial charge in [-0.1, -0.05) is 12.2 Å². The molecule has 0 heterocycles. The number of methoxy groups -OCH3 is 1. The molecule has 4 nitrogen and oxygen atoms in total. The summed E-state index contributed by atoms with van der Waals surface area (Å²) in [7, 11) is 1.30. The van der Waals surface area contributed by atoms with Gasteiger partial charge in [-0.2, -0.15) is 0 Å². The van der Waals surface area contributed by atoms with Gasteiger partial charge < -0.3 is 10.1 Å². The molecule has 2 aliphatic carbocycles. The second kappa shape index (κ2) is 4.51. The van der Waals surface area contributed by atoms with Crippen LogP contribution in [0.15, 0.2) is 23.3 Å². The Bertz CT molecular complexity index is 382. The number of allylic oxidation sites excluding steroid dienone is 3. The molecule has 1 saturated carbocycles. The highest BCUT2D eigenvalue weighted by atomic mass is 16.5. The Balaban J connectivity index is 2.10. The van der Waals surface area contributed by atoms with Crippen molar-refractivity contribution >= 4 is 11.9 Å². The summed E-state index contributed by atoms with van der Waals surface area (Å²) in [6.07, 6.45) is 7.01. The van der Waals surface area contributed by atoms with Crippen molar-refractivity contribution in [2.75, 3.05) is 7.11 Å². The van der Waals surface area contributed by atoms with E-state index in [2.05, 4.69) is 16.1 Å². The number of amides is 1. The Morgan fingerprint density at radius 1 is 1.44 bits per heavy atom. The van der Waals surface area contributed by atoms with E-state index in [1.165, 1.54) is 7.11 Å². The molecule has 2 aliphatic rings. The number of Topliss-reactive ketones (excluding diaryl/α,β-unsaturated/α-hetero) is 1. The highest BCUT2D eigenvalue weighted by Gasteiger charge is 2.31. The van der Waals surface area contributed by atoms with Crippen LogP contribution >= 0.6 is 0 Å². The minimum Gasteiger partial charge on any atom is -0.453 e. The fourth-order valence-corrected chi connectivity index (χ4v) is 2.18. The fourth-order valence-electron chi connectivity index (χ4n) is 2.18. The summed E-state index contributed by atoms with van der Waals surface area (Å²) < 4.78 is 4.50. The fraction of sp³-hybridized carbons (Fsp3) is 0.500. The van der Waals surface area contributed by atoms with Gasteiger partial charge in [0.05, 0.1) is 13.2 Å². The van der Waals surface area contributed by atoms with Crippen molar-refractivity contribution < 1.29 is 14.3 Å². The van der Waals surface area contributed by atoms with Gasteiger partial charge in [0.15, 0.2) is 5.78 Å². The molecule has 0 saturated heterocycles. The maximum absolute atomic E-state index is 12.0. The molecule has 0 spiro atoms. The van der Waals surface area contributed by atoms with E-state index in [0.717, 1.165) is 30.4 Å². The first-order valence-electron chi connectivity index (χ1n) is 5.50. The van der Waals surface area contributed by atoms with Gasteiger partial charge in [-0.05, 0) is 31.3 Å². The van der Waals surface area contributed by atoms with Crippen LogP contribution in [-0.2, 0) is 9.53 Å². The van der Waals surface area contributed by atoms with Gasteiger partial charge >= 0.3 is 6.09 Å². The van der Waals surface area contributed by atoms with E-state index in [1.54, 1.807) is 0 Å². The second-order valence-corrected chi connectivity index (χ2v) is 4.02. The average Bonchev–Trinajstić information content (AvgIpc) is 2.33. The Labute approximate surface area is 94.3 Å². The summed E-state index contributed by atoms with van der Waals surface area (Å²) in [6, 6.07) is -0.422. The number of hydrogen-bond acceptors (Lipinski definition) is 3. The van der Waals surface area contributed by atoms with Gasteiger partial charge in [-0.15, -0.1) is 0 Å². The van der Waals surface area contributed by atoms with Crippen molar-refractivity contribution in [1.29, 1.82) is 0 Å². The maximum atomic E-state index is 12.0. The van der Waals surface area contributed by atoms with E-state index in [4.69, 9.17) is 0 Å². The SMILES string of the molecule is COC(=O)N[C@H]1CCC2=CCCC=C2C1=O. The number of alkyl carbamates (subject to hydrolysis) is 1. The van der Waals surface area contributed by atoms with Crippen molar-refractivity contribution in [3.63, 3.8) is 0 Å². The number of rotatable bonds is 1. The summed E-state index contributed by atoms with van der Waals surface area (Å²) in [5.41, 5.74) is 1.93. The van der Waals surface area contributed by atoms with Crippen molar-refractivity contribution in [3.8, 4) is 0 Å². The Morgan fingerprint density at radius 2 is 2.19 bits per heavy atom. The molecular weight excluding hydrogens is 206 g/mol. The molecule has 1 amide bonds. The van der Waals surface area contributed by atoms with Crippen LogP contribution in [0.2, 0.25) is 0 Å². The van der Waals surface area contributed by atoms with Gasteiger partial charge in [-0.3, -0.25) is 4.79 Å². The molecule has 0 aromatic rings. The van der Waals surface area contributed by atoms with E-state index < -0.39 is 12.1 Å². The van der Waals surface area contributed by atoms with Crippen LogP contribution in [0.5, 0.6) is 0 Å². The molecular formula is C12H15NO3. The quantitative estimate of drug-likeness (QED) is 0.733. The van der Waals surface area contributed by atoms with Crippen LogP contribution in [0, 0.1) is 0 Å². The largest absolute Gasteiger partial charge is 0.453 e. The van der Waals surface area contributed by atoms with E-state index in [1.807, 2.05) is 6.08 Å². The number of nitrogens with one attached hydrogen (secondary N) is 1. The molecule has 2 rings (SSSR count). The lowest BCUT2D eigenvalue weighted by Crippen LogP contribution is -2.44. The lowest BCUT2D eigenvalue weighted by atomic mass is 9.82. The monoisotopic (exact) mass is 221 g/mol. The summed E-state index contributed by atoms with van der Waals surface area (Å²) in [5.74, 6) is 0.0163. The van der Waals surface area contributed by atoms with Crippen molar-refractivity contribution in [3.05, 3.63) is 23.3 Å². The first-order chi connectivity index (χ1) is 7.72. The Morgan fingerprint density at radius 3 is 2.94 bits per heavy atom. The van der Waals surface area contributed by atoms with Gasteiger partial charge in [0, 0.05) is 5.57 Å².